The van der Waals surface area contributed by atoms with Crippen LogP contribution >= 0.6 is 0 Å². The molecule has 7 nitrogen and oxygen atoms in total. The Morgan fingerprint density at radius 1 is 1.04 bits per heavy atom. The van der Waals surface area contributed by atoms with Crippen LogP contribution in [-0.2, 0) is 14.4 Å². The molecule has 0 aliphatic carbocycles. The van der Waals surface area contributed by atoms with Crippen molar-refractivity contribution in [2.75, 3.05) is 31.5 Å². The molecule has 0 spiro atoms. The highest BCUT2D eigenvalue weighted by atomic mass is 16.2. The molecule has 0 saturated carbocycles. The summed E-state index contributed by atoms with van der Waals surface area (Å²) in [6, 6.07) is 7.31. The molecule has 7 heteroatoms. The summed E-state index contributed by atoms with van der Waals surface area (Å²) >= 11 is 0. The van der Waals surface area contributed by atoms with Gasteiger partial charge in [0.1, 0.15) is 0 Å². The van der Waals surface area contributed by atoms with Crippen LogP contribution in [0.2, 0.25) is 0 Å². The summed E-state index contributed by atoms with van der Waals surface area (Å²) in [5.41, 5.74) is 1.50. The fourth-order valence-electron chi connectivity index (χ4n) is 2.74. The minimum Gasteiger partial charge on any atom is -0.361 e. The van der Waals surface area contributed by atoms with Gasteiger partial charge >= 0.3 is 11.8 Å². The Hall–Kier alpha value is -2.83. The van der Waals surface area contributed by atoms with Gasteiger partial charge in [0.15, 0.2) is 0 Å². The molecule has 1 fully saturated rings. The molecule has 2 heterocycles. The maximum absolute atomic E-state index is 12.3. The Morgan fingerprint density at radius 2 is 1.74 bits per heavy atom. The number of fused-ring (bicyclic) bond motifs is 1. The lowest BCUT2D eigenvalue weighted by Crippen LogP contribution is -2.52. The molecule has 1 aliphatic heterocycles. The summed E-state index contributed by atoms with van der Waals surface area (Å²) in [6.45, 7) is 3.17. The lowest BCUT2D eigenvalue weighted by Gasteiger charge is -2.33. The van der Waals surface area contributed by atoms with Crippen LogP contribution in [0.25, 0.3) is 10.9 Å². The normalized spacial score (nSPS) is 14.8. The molecule has 1 saturated heterocycles. The van der Waals surface area contributed by atoms with E-state index in [1.807, 2.05) is 18.2 Å². The van der Waals surface area contributed by atoms with Gasteiger partial charge < -0.3 is 20.1 Å². The molecular weight excluding hydrogens is 296 g/mol. The number of anilines is 1. The van der Waals surface area contributed by atoms with Crippen molar-refractivity contribution in [1.82, 2.24) is 14.8 Å². The van der Waals surface area contributed by atoms with Gasteiger partial charge in [-0.3, -0.25) is 14.4 Å². The molecule has 2 N–H and O–H groups in total. The average Bonchev–Trinajstić information content (AvgIpc) is 3.04. The lowest BCUT2D eigenvalue weighted by molar-refractivity contribution is -0.145. The van der Waals surface area contributed by atoms with Crippen molar-refractivity contribution >= 4 is 34.3 Å². The van der Waals surface area contributed by atoms with E-state index in [-0.39, 0.29) is 5.91 Å². The van der Waals surface area contributed by atoms with Crippen LogP contribution in [0, 0.1) is 0 Å². The largest absolute Gasteiger partial charge is 0.361 e. The Morgan fingerprint density at radius 3 is 2.43 bits per heavy atom. The predicted molar refractivity (Wildman–Crippen MR) is 85.8 cm³/mol. The van der Waals surface area contributed by atoms with Gasteiger partial charge in [0.2, 0.25) is 5.91 Å². The first-order valence-electron chi connectivity index (χ1n) is 7.48. The number of hydrogen-bond donors (Lipinski definition) is 2. The minimum atomic E-state index is -0.657. The fourth-order valence-corrected chi connectivity index (χ4v) is 2.74. The van der Waals surface area contributed by atoms with Crippen LogP contribution in [0.4, 0.5) is 5.69 Å². The number of nitrogens with zero attached hydrogens (tertiary/aromatic N) is 2. The molecule has 2 aromatic rings. The van der Waals surface area contributed by atoms with Gasteiger partial charge in [-0.25, -0.2) is 0 Å². The second-order valence-corrected chi connectivity index (χ2v) is 5.50. The van der Waals surface area contributed by atoms with Crippen molar-refractivity contribution in [2.24, 2.45) is 0 Å². The van der Waals surface area contributed by atoms with E-state index in [0.29, 0.717) is 31.9 Å². The van der Waals surface area contributed by atoms with Crippen LogP contribution < -0.4 is 5.32 Å². The second-order valence-electron chi connectivity index (χ2n) is 5.50. The van der Waals surface area contributed by atoms with Crippen molar-refractivity contribution in [3.8, 4) is 0 Å². The third kappa shape index (κ3) is 3.03. The molecule has 3 amide bonds. The van der Waals surface area contributed by atoms with Gasteiger partial charge in [-0.05, 0) is 18.2 Å². The van der Waals surface area contributed by atoms with Crippen LogP contribution in [0.1, 0.15) is 6.92 Å². The van der Waals surface area contributed by atoms with E-state index in [0.717, 1.165) is 10.9 Å². The highest BCUT2D eigenvalue weighted by Crippen LogP contribution is 2.22. The summed E-state index contributed by atoms with van der Waals surface area (Å²) < 4.78 is 0. The average molecular weight is 314 g/mol. The standard InChI is InChI=1S/C16H18N4O3/c1-11(21)19-7-9-20(10-8-19)16(23)15(22)18-14-4-2-3-13-12(14)5-6-17-13/h2-6,17H,7-10H2,1H3,(H,18,22). The zero-order chi connectivity index (χ0) is 16.4. The quantitative estimate of drug-likeness (QED) is 0.763. The number of benzene rings is 1. The minimum absolute atomic E-state index is 0.0133. The molecule has 3 rings (SSSR count). The van der Waals surface area contributed by atoms with E-state index in [1.165, 1.54) is 11.8 Å². The third-order valence-corrected chi connectivity index (χ3v) is 4.05. The molecule has 23 heavy (non-hydrogen) atoms. The van der Waals surface area contributed by atoms with Gasteiger partial charge in [-0.1, -0.05) is 6.07 Å². The Bertz CT molecular complexity index is 760. The molecule has 1 aromatic carbocycles. The van der Waals surface area contributed by atoms with Crippen molar-refractivity contribution in [3.05, 3.63) is 30.5 Å². The molecular formula is C16H18N4O3. The highest BCUT2D eigenvalue weighted by molar-refractivity contribution is 6.40. The maximum atomic E-state index is 12.3. The van der Waals surface area contributed by atoms with Crippen LogP contribution in [0.15, 0.2) is 30.5 Å². The highest BCUT2D eigenvalue weighted by Gasteiger charge is 2.27. The van der Waals surface area contributed by atoms with Crippen LogP contribution in [-0.4, -0.2) is 58.7 Å². The number of aromatic nitrogens is 1. The van der Waals surface area contributed by atoms with E-state index in [2.05, 4.69) is 10.3 Å². The summed E-state index contributed by atoms with van der Waals surface area (Å²) in [5, 5.41) is 3.53. The predicted octanol–water partition coefficient (Wildman–Crippen LogP) is 0.797. The van der Waals surface area contributed by atoms with E-state index in [9.17, 15) is 14.4 Å². The van der Waals surface area contributed by atoms with Crippen molar-refractivity contribution in [3.63, 3.8) is 0 Å². The first-order valence-corrected chi connectivity index (χ1v) is 7.48. The molecule has 120 valence electrons. The first-order chi connectivity index (χ1) is 11.1. The molecule has 0 unspecified atom stereocenters. The van der Waals surface area contributed by atoms with Gasteiger partial charge in [-0.2, -0.15) is 0 Å². The Labute approximate surface area is 133 Å². The summed E-state index contributed by atoms with van der Waals surface area (Å²) in [5.74, 6) is -1.24. The molecule has 1 aromatic heterocycles. The lowest BCUT2D eigenvalue weighted by atomic mass is 10.2. The van der Waals surface area contributed by atoms with E-state index >= 15 is 0 Å². The van der Waals surface area contributed by atoms with Crippen molar-refractivity contribution in [1.29, 1.82) is 0 Å². The van der Waals surface area contributed by atoms with Crippen molar-refractivity contribution in [2.45, 2.75) is 6.92 Å². The molecule has 1 aliphatic rings. The smallest absolute Gasteiger partial charge is 0.313 e. The fraction of sp³-hybridized carbons (Fsp3) is 0.312. The first kappa shape index (κ1) is 15.1. The number of carbonyl (C=O) groups excluding carboxylic acids is 3. The Kier molecular flexibility index (Phi) is 4.01. The van der Waals surface area contributed by atoms with E-state index in [4.69, 9.17) is 0 Å². The molecule has 0 atom stereocenters. The zero-order valence-electron chi connectivity index (χ0n) is 12.8. The van der Waals surface area contributed by atoms with Crippen LogP contribution in [0.3, 0.4) is 0 Å². The molecule has 0 bridgehead atoms. The monoisotopic (exact) mass is 314 g/mol. The number of H-pyrrole nitrogens is 1. The zero-order valence-corrected chi connectivity index (χ0v) is 12.8. The Balaban J connectivity index is 1.66. The SMILES string of the molecule is CC(=O)N1CCN(C(=O)C(=O)Nc2cccc3[nH]ccc23)CC1. The number of piperazine rings is 1. The van der Waals surface area contributed by atoms with Crippen LogP contribution in [0.5, 0.6) is 0 Å². The number of hydrogen-bond acceptors (Lipinski definition) is 3. The number of rotatable bonds is 1. The van der Waals surface area contributed by atoms with E-state index < -0.39 is 11.8 Å². The summed E-state index contributed by atoms with van der Waals surface area (Å²) in [6.07, 6.45) is 1.78. The van der Waals surface area contributed by atoms with E-state index in [1.54, 1.807) is 17.2 Å². The second kappa shape index (κ2) is 6.12. The summed E-state index contributed by atoms with van der Waals surface area (Å²) in [4.78, 5) is 41.9. The van der Waals surface area contributed by atoms with Gasteiger partial charge in [0, 0.05) is 50.2 Å². The number of aromatic amines is 1. The number of amides is 3. The molecule has 0 radical (unpaired) electrons. The van der Waals surface area contributed by atoms with Gasteiger partial charge in [0.05, 0.1) is 5.69 Å². The third-order valence-electron chi connectivity index (χ3n) is 4.05. The van der Waals surface area contributed by atoms with Gasteiger partial charge in [-0.15, -0.1) is 0 Å². The topological polar surface area (TPSA) is 85.5 Å². The summed E-state index contributed by atoms with van der Waals surface area (Å²) in [7, 11) is 0. The van der Waals surface area contributed by atoms with Gasteiger partial charge in [0.25, 0.3) is 0 Å². The van der Waals surface area contributed by atoms with Crippen molar-refractivity contribution < 1.29 is 14.4 Å². The maximum Gasteiger partial charge on any atom is 0.313 e. The number of carbonyl (C=O) groups is 3. The number of nitrogens with one attached hydrogen (secondary N) is 2.